The van der Waals surface area contributed by atoms with Gasteiger partial charge in [-0.05, 0) is 37.4 Å². The Balaban J connectivity index is 2.18. The Morgan fingerprint density at radius 1 is 1.42 bits per heavy atom. The van der Waals surface area contributed by atoms with Gasteiger partial charge in [-0.2, -0.15) is 5.10 Å². The van der Waals surface area contributed by atoms with Crippen molar-refractivity contribution in [3.8, 4) is 0 Å². The van der Waals surface area contributed by atoms with E-state index >= 15 is 0 Å². The standard InChI is InChI=1S/C15H20BN3O5/c1-15(2,3)24-14(22)18-12(13(20)21)7-9-5-4-6-11-10(9)8-17-19-16(11)23/h4-6,8,12,19,23H,7H2,1-3H3,(H,18,22)(H,20,21)/t12-/m0/s1. The van der Waals surface area contributed by atoms with Crippen molar-refractivity contribution in [1.29, 1.82) is 0 Å². The summed E-state index contributed by atoms with van der Waals surface area (Å²) in [7, 11) is -0.952. The summed E-state index contributed by atoms with van der Waals surface area (Å²) in [5, 5.41) is 28.0. The number of carbonyl (C=O) groups is 2. The third-order valence-corrected chi connectivity index (χ3v) is 3.33. The number of hydrazone groups is 1. The van der Waals surface area contributed by atoms with Crippen LogP contribution in [0, 0.1) is 0 Å². The predicted octanol–water partition coefficient (Wildman–Crippen LogP) is -0.168. The minimum atomic E-state index is -1.18. The number of aliphatic carboxylic acids is 1. The topological polar surface area (TPSA) is 120 Å². The van der Waals surface area contributed by atoms with E-state index in [4.69, 9.17) is 4.74 Å². The summed E-state index contributed by atoms with van der Waals surface area (Å²) in [6.07, 6.45) is 0.760. The molecule has 1 aliphatic heterocycles. The molecule has 0 radical (unpaired) electrons. The Labute approximate surface area is 140 Å². The molecule has 0 bridgehead atoms. The van der Waals surface area contributed by atoms with Crippen LogP contribution in [0.25, 0.3) is 0 Å². The van der Waals surface area contributed by atoms with E-state index in [0.29, 0.717) is 16.6 Å². The zero-order chi connectivity index (χ0) is 17.9. The lowest BCUT2D eigenvalue weighted by molar-refractivity contribution is -0.139. The van der Waals surface area contributed by atoms with Crippen LogP contribution in [-0.4, -0.2) is 47.1 Å². The molecule has 0 saturated carbocycles. The fourth-order valence-electron chi connectivity index (χ4n) is 2.32. The van der Waals surface area contributed by atoms with Gasteiger partial charge < -0.3 is 25.5 Å². The lowest BCUT2D eigenvalue weighted by Gasteiger charge is -2.23. The second kappa shape index (κ2) is 6.92. The number of hydrogen-bond acceptors (Lipinski definition) is 6. The van der Waals surface area contributed by atoms with Crippen LogP contribution in [-0.2, 0) is 16.0 Å². The van der Waals surface area contributed by atoms with E-state index < -0.39 is 30.8 Å². The minimum Gasteiger partial charge on any atom is -0.480 e. The first-order chi connectivity index (χ1) is 11.2. The van der Waals surface area contributed by atoms with Crippen LogP contribution in [0.3, 0.4) is 0 Å². The van der Waals surface area contributed by atoms with Crippen molar-refractivity contribution in [2.75, 3.05) is 0 Å². The predicted molar refractivity (Wildman–Crippen MR) is 89.3 cm³/mol. The van der Waals surface area contributed by atoms with Crippen LogP contribution in [0.5, 0.6) is 0 Å². The third kappa shape index (κ3) is 4.48. The van der Waals surface area contributed by atoms with Crippen molar-refractivity contribution in [3.05, 3.63) is 29.3 Å². The molecule has 1 amide bonds. The van der Waals surface area contributed by atoms with Crippen molar-refractivity contribution in [1.82, 2.24) is 10.7 Å². The van der Waals surface area contributed by atoms with E-state index in [9.17, 15) is 19.7 Å². The summed E-state index contributed by atoms with van der Waals surface area (Å²) in [4.78, 5) is 23.3. The van der Waals surface area contributed by atoms with Crippen molar-refractivity contribution in [3.63, 3.8) is 0 Å². The Kier molecular flexibility index (Phi) is 5.13. The first-order valence-corrected chi connectivity index (χ1v) is 7.48. The summed E-state index contributed by atoms with van der Waals surface area (Å²) in [5.41, 5.74) is 1.17. The van der Waals surface area contributed by atoms with Crippen LogP contribution >= 0.6 is 0 Å². The number of carbonyl (C=O) groups excluding carboxylic acids is 1. The Hall–Kier alpha value is -2.55. The van der Waals surface area contributed by atoms with Crippen LogP contribution in [0.2, 0.25) is 0 Å². The molecule has 0 fully saturated rings. The number of fused-ring (bicyclic) bond motifs is 1. The van der Waals surface area contributed by atoms with Gasteiger partial charge in [0.1, 0.15) is 11.6 Å². The Morgan fingerprint density at radius 3 is 2.75 bits per heavy atom. The second-order valence-electron chi connectivity index (χ2n) is 6.45. The molecular formula is C15H20BN3O5. The maximum atomic E-state index is 11.8. The third-order valence-electron chi connectivity index (χ3n) is 3.33. The highest BCUT2D eigenvalue weighted by atomic mass is 16.6. The molecule has 1 aliphatic rings. The smallest absolute Gasteiger partial charge is 0.464 e. The zero-order valence-corrected chi connectivity index (χ0v) is 13.7. The SMILES string of the molecule is CC(C)(C)OC(=O)N[C@@H](Cc1cccc2c1C=NNB2O)C(=O)O. The summed E-state index contributed by atoms with van der Waals surface area (Å²) in [6, 6.07) is 4.01. The first-order valence-electron chi connectivity index (χ1n) is 7.48. The summed E-state index contributed by atoms with van der Waals surface area (Å²) < 4.78 is 5.10. The average molecular weight is 333 g/mol. The molecule has 0 aromatic heterocycles. The summed E-state index contributed by atoms with van der Waals surface area (Å²) in [5.74, 6) is -1.18. The van der Waals surface area contributed by atoms with Crippen LogP contribution in [0.4, 0.5) is 4.79 Å². The number of nitrogens with zero attached hydrogens (tertiary/aromatic N) is 1. The van der Waals surface area contributed by atoms with E-state index in [1.165, 1.54) is 6.21 Å². The molecule has 1 atom stereocenters. The molecule has 0 saturated heterocycles. The molecule has 24 heavy (non-hydrogen) atoms. The Morgan fingerprint density at radius 2 is 2.12 bits per heavy atom. The second-order valence-corrected chi connectivity index (χ2v) is 6.45. The molecule has 0 unspecified atom stereocenters. The fourth-order valence-corrected chi connectivity index (χ4v) is 2.32. The van der Waals surface area contributed by atoms with Crippen LogP contribution < -0.4 is 16.1 Å². The number of rotatable bonds is 4. The van der Waals surface area contributed by atoms with Crippen molar-refractivity contribution >= 4 is 30.8 Å². The lowest BCUT2D eigenvalue weighted by Crippen LogP contribution is -2.48. The molecule has 0 aliphatic carbocycles. The molecule has 8 nitrogen and oxygen atoms in total. The van der Waals surface area contributed by atoms with E-state index in [0.717, 1.165) is 0 Å². The minimum absolute atomic E-state index is 0.0382. The number of nitrogens with one attached hydrogen (secondary N) is 2. The molecule has 128 valence electrons. The van der Waals surface area contributed by atoms with Crippen molar-refractivity contribution in [2.45, 2.75) is 38.8 Å². The van der Waals surface area contributed by atoms with Crippen molar-refractivity contribution < 1.29 is 24.5 Å². The maximum Gasteiger partial charge on any atom is 0.464 e. The molecule has 1 aromatic rings. The molecule has 1 aromatic carbocycles. The highest BCUT2D eigenvalue weighted by Gasteiger charge is 2.27. The first kappa shape index (κ1) is 17.8. The number of alkyl carbamates (subject to hydrolysis) is 1. The maximum absolute atomic E-state index is 11.8. The fraction of sp³-hybridized carbons (Fsp3) is 0.400. The van der Waals surface area contributed by atoms with Gasteiger partial charge >= 0.3 is 19.1 Å². The lowest BCUT2D eigenvalue weighted by atomic mass is 9.70. The summed E-state index contributed by atoms with van der Waals surface area (Å²) >= 11 is 0. The van der Waals surface area contributed by atoms with E-state index in [2.05, 4.69) is 15.8 Å². The van der Waals surface area contributed by atoms with Gasteiger partial charge in [0, 0.05) is 6.42 Å². The van der Waals surface area contributed by atoms with Gasteiger partial charge in [-0.25, -0.2) is 9.59 Å². The van der Waals surface area contributed by atoms with Crippen LogP contribution in [0.1, 0.15) is 31.9 Å². The highest BCUT2D eigenvalue weighted by Crippen LogP contribution is 2.12. The Bertz CT molecular complexity index is 672. The van der Waals surface area contributed by atoms with E-state index in [1.807, 2.05) is 0 Å². The number of amides is 1. The van der Waals surface area contributed by atoms with Gasteiger partial charge in [0.25, 0.3) is 0 Å². The average Bonchev–Trinajstić information content (AvgIpc) is 2.45. The molecule has 0 spiro atoms. The zero-order valence-electron chi connectivity index (χ0n) is 13.7. The number of hydrogen-bond donors (Lipinski definition) is 4. The highest BCUT2D eigenvalue weighted by molar-refractivity contribution is 6.65. The largest absolute Gasteiger partial charge is 0.480 e. The van der Waals surface area contributed by atoms with Gasteiger partial charge in [-0.1, -0.05) is 18.2 Å². The van der Waals surface area contributed by atoms with Crippen LogP contribution in [0.15, 0.2) is 23.3 Å². The summed E-state index contributed by atoms with van der Waals surface area (Å²) in [6.45, 7) is 5.09. The molecule has 4 N–H and O–H groups in total. The molecule has 9 heteroatoms. The van der Waals surface area contributed by atoms with Gasteiger partial charge in [-0.15, -0.1) is 0 Å². The van der Waals surface area contributed by atoms with E-state index in [1.54, 1.807) is 39.0 Å². The molecule has 2 rings (SSSR count). The van der Waals surface area contributed by atoms with Gasteiger partial charge in [0.05, 0.1) is 6.21 Å². The van der Waals surface area contributed by atoms with Gasteiger partial charge in [0.15, 0.2) is 0 Å². The van der Waals surface area contributed by atoms with Gasteiger partial charge in [-0.3, -0.25) is 0 Å². The van der Waals surface area contributed by atoms with Gasteiger partial charge in [0.2, 0.25) is 0 Å². The molecular weight excluding hydrogens is 313 g/mol. The number of ether oxygens (including phenoxy) is 1. The molecule has 1 heterocycles. The monoisotopic (exact) mass is 333 g/mol. The quantitative estimate of drug-likeness (QED) is 0.568. The number of benzene rings is 1. The number of carboxylic acid groups (broad SMARTS) is 1. The number of carboxylic acids is 1. The van der Waals surface area contributed by atoms with Crippen molar-refractivity contribution in [2.24, 2.45) is 5.10 Å². The normalized spacial score (nSPS) is 14.4. The van der Waals surface area contributed by atoms with E-state index in [-0.39, 0.29) is 6.42 Å².